The molecule has 90 valence electrons. The molecule has 3 atom stereocenters. The third kappa shape index (κ3) is 2.14. The standard InChI is InChI=1S/C14H18N2O/c1-9-6-11(9)8-15-14(17)13-7-10-4-2-3-5-12(10)16-13/h2-5,9,11,13,16H,6-8H2,1H3,(H,15,17)/t9?,11?,13-/m0/s1. The summed E-state index contributed by atoms with van der Waals surface area (Å²) in [6, 6.07) is 8.05. The zero-order chi connectivity index (χ0) is 11.8. The highest BCUT2D eigenvalue weighted by Gasteiger charge is 2.33. The van der Waals surface area contributed by atoms with Gasteiger partial charge in [0.15, 0.2) is 0 Å². The van der Waals surface area contributed by atoms with Crippen LogP contribution in [-0.4, -0.2) is 18.5 Å². The number of para-hydroxylation sites is 1. The van der Waals surface area contributed by atoms with Crippen LogP contribution in [0.25, 0.3) is 0 Å². The van der Waals surface area contributed by atoms with Crippen LogP contribution in [-0.2, 0) is 11.2 Å². The molecule has 1 fully saturated rings. The second-order valence-electron chi connectivity index (χ2n) is 5.28. The van der Waals surface area contributed by atoms with Gasteiger partial charge in [-0.25, -0.2) is 0 Å². The number of nitrogens with one attached hydrogen (secondary N) is 2. The fraction of sp³-hybridized carbons (Fsp3) is 0.500. The molecule has 3 nitrogen and oxygen atoms in total. The van der Waals surface area contributed by atoms with Gasteiger partial charge in [-0.3, -0.25) is 4.79 Å². The smallest absolute Gasteiger partial charge is 0.242 e. The van der Waals surface area contributed by atoms with E-state index >= 15 is 0 Å². The Balaban J connectivity index is 1.55. The van der Waals surface area contributed by atoms with Gasteiger partial charge < -0.3 is 10.6 Å². The van der Waals surface area contributed by atoms with E-state index in [0.717, 1.165) is 24.6 Å². The van der Waals surface area contributed by atoms with Gasteiger partial charge in [-0.15, -0.1) is 0 Å². The van der Waals surface area contributed by atoms with E-state index in [1.165, 1.54) is 12.0 Å². The summed E-state index contributed by atoms with van der Waals surface area (Å²) in [5, 5.41) is 6.33. The van der Waals surface area contributed by atoms with Gasteiger partial charge in [0.1, 0.15) is 6.04 Å². The van der Waals surface area contributed by atoms with E-state index in [-0.39, 0.29) is 11.9 Å². The lowest BCUT2D eigenvalue weighted by atomic mass is 10.1. The molecule has 1 heterocycles. The molecule has 3 heteroatoms. The molecule has 1 aromatic rings. The van der Waals surface area contributed by atoms with Crippen LogP contribution in [0.4, 0.5) is 5.69 Å². The average molecular weight is 230 g/mol. The lowest BCUT2D eigenvalue weighted by Gasteiger charge is -2.11. The van der Waals surface area contributed by atoms with E-state index in [2.05, 4.69) is 23.6 Å². The van der Waals surface area contributed by atoms with Crippen LogP contribution in [0.3, 0.4) is 0 Å². The summed E-state index contributed by atoms with van der Waals surface area (Å²) in [6.07, 6.45) is 2.07. The Morgan fingerprint density at radius 3 is 2.94 bits per heavy atom. The minimum absolute atomic E-state index is 0.0820. The van der Waals surface area contributed by atoms with Crippen LogP contribution in [0.5, 0.6) is 0 Å². The van der Waals surface area contributed by atoms with Gasteiger partial charge in [-0.05, 0) is 29.9 Å². The van der Waals surface area contributed by atoms with Crippen LogP contribution in [0.15, 0.2) is 24.3 Å². The van der Waals surface area contributed by atoms with Crippen molar-refractivity contribution in [1.29, 1.82) is 0 Å². The van der Waals surface area contributed by atoms with Crippen molar-refractivity contribution in [2.45, 2.75) is 25.8 Å². The van der Waals surface area contributed by atoms with Gasteiger partial charge >= 0.3 is 0 Å². The number of carbonyl (C=O) groups is 1. The third-order valence-corrected chi connectivity index (χ3v) is 3.90. The Morgan fingerprint density at radius 1 is 1.47 bits per heavy atom. The molecule has 0 spiro atoms. The maximum absolute atomic E-state index is 12.0. The topological polar surface area (TPSA) is 41.1 Å². The average Bonchev–Trinajstić information content (AvgIpc) is 2.89. The second kappa shape index (κ2) is 4.06. The molecule has 3 rings (SSSR count). The van der Waals surface area contributed by atoms with Gasteiger partial charge in [-0.2, -0.15) is 0 Å². The second-order valence-corrected chi connectivity index (χ2v) is 5.28. The maximum Gasteiger partial charge on any atom is 0.242 e. The zero-order valence-electron chi connectivity index (χ0n) is 10.1. The van der Waals surface area contributed by atoms with E-state index in [1.54, 1.807) is 0 Å². The molecular weight excluding hydrogens is 212 g/mol. The Kier molecular flexibility index (Phi) is 2.54. The number of amides is 1. The summed E-state index contributed by atoms with van der Waals surface area (Å²) >= 11 is 0. The molecule has 0 bridgehead atoms. The van der Waals surface area contributed by atoms with Crippen molar-refractivity contribution in [2.75, 3.05) is 11.9 Å². The molecule has 1 amide bonds. The Bertz CT molecular complexity index is 419. The van der Waals surface area contributed by atoms with Crippen molar-refractivity contribution in [3.05, 3.63) is 29.8 Å². The normalized spacial score (nSPS) is 29.4. The van der Waals surface area contributed by atoms with Crippen molar-refractivity contribution in [1.82, 2.24) is 5.32 Å². The van der Waals surface area contributed by atoms with Crippen molar-refractivity contribution < 1.29 is 4.79 Å². The summed E-state index contributed by atoms with van der Waals surface area (Å²) in [6.45, 7) is 3.08. The number of hydrogen-bond acceptors (Lipinski definition) is 2. The fourth-order valence-electron chi connectivity index (χ4n) is 2.49. The van der Waals surface area contributed by atoms with Gasteiger partial charge in [0.25, 0.3) is 0 Å². The molecule has 1 aliphatic heterocycles. The Morgan fingerprint density at radius 2 is 2.24 bits per heavy atom. The first-order chi connectivity index (χ1) is 8.24. The molecule has 2 aliphatic rings. The van der Waals surface area contributed by atoms with E-state index in [0.29, 0.717) is 5.92 Å². The highest BCUT2D eigenvalue weighted by molar-refractivity contribution is 5.87. The number of anilines is 1. The predicted octanol–water partition coefficient (Wildman–Crippen LogP) is 1.80. The van der Waals surface area contributed by atoms with Gasteiger partial charge in [-0.1, -0.05) is 25.1 Å². The largest absolute Gasteiger partial charge is 0.373 e. The van der Waals surface area contributed by atoms with E-state index in [4.69, 9.17) is 0 Å². The molecule has 2 N–H and O–H groups in total. The van der Waals surface area contributed by atoms with Crippen LogP contribution in [0, 0.1) is 11.8 Å². The van der Waals surface area contributed by atoms with Crippen LogP contribution in [0.1, 0.15) is 18.9 Å². The quantitative estimate of drug-likeness (QED) is 0.831. The number of benzene rings is 1. The molecule has 0 saturated heterocycles. The lowest BCUT2D eigenvalue weighted by Crippen LogP contribution is -2.39. The SMILES string of the molecule is CC1CC1CNC(=O)[C@@H]1Cc2ccccc2N1. The molecular formula is C14H18N2O. The molecule has 17 heavy (non-hydrogen) atoms. The Hall–Kier alpha value is -1.51. The summed E-state index contributed by atoms with van der Waals surface area (Å²) in [4.78, 5) is 12.0. The summed E-state index contributed by atoms with van der Waals surface area (Å²) < 4.78 is 0. The highest BCUT2D eigenvalue weighted by Crippen LogP contribution is 2.36. The van der Waals surface area contributed by atoms with Crippen LogP contribution >= 0.6 is 0 Å². The predicted molar refractivity (Wildman–Crippen MR) is 67.8 cm³/mol. The molecule has 0 radical (unpaired) electrons. The van der Waals surface area contributed by atoms with Gasteiger partial charge in [0, 0.05) is 18.7 Å². The minimum atomic E-state index is -0.0820. The molecule has 2 unspecified atom stereocenters. The van der Waals surface area contributed by atoms with Gasteiger partial charge in [0.2, 0.25) is 5.91 Å². The first-order valence-corrected chi connectivity index (χ1v) is 6.36. The monoisotopic (exact) mass is 230 g/mol. The molecule has 1 aromatic carbocycles. The fourth-order valence-corrected chi connectivity index (χ4v) is 2.49. The molecule has 0 aromatic heterocycles. The van der Waals surface area contributed by atoms with Crippen molar-refractivity contribution in [3.8, 4) is 0 Å². The Labute approximate surface area is 102 Å². The highest BCUT2D eigenvalue weighted by atomic mass is 16.2. The number of hydrogen-bond donors (Lipinski definition) is 2. The van der Waals surface area contributed by atoms with Crippen molar-refractivity contribution in [2.24, 2.45) is 11.8 Å². The summed E-state index contributed by atoms with van der Waals surface area (Å²) in [5.41, 5.74) is 2.35. The summed E-state index contributed by atoms with van der Waals surface area (Å²) in [7, 11) is 0. The van der Waals surface area contributed by atoms with Gasteiger partial charge in [0.05, 0.1) is 0 Å². The first-order valence-electron chi connectivity index (χ1n) is 6.36. The van der Waals surface area contributed by atoms with Crippen LogP contribution in [0.2, 0.25) is 0 Å². The summed E-state index contributed by atoms with van der Waals surface area (Å²) in [5.74, 6) is 1.65. The van der Waals surface area contributed by atoms with Crippen molar-refractivity contribution >= 4 is 11.6 Å². The number of carbonyl (C=O) groups excluding carboxylic acids is 1. The molecule has 1 saturated carbocycles. The van der Waals surface area contributed by atoms with Crippen LogP contribution < -0.4 is 10.6 Å². The zero-order valence-corrected chi connectivity index (χ0v) is 10.1. The number of rotatable bonds is 3. The van der Waals surface area contributed by atoms with E-state index in [1.807, 2.05) is 18.2 Å². The van der Waals surface area contributed by atoms with E-state index < -0.39 is 0 Å². The first kappa shape index (κ1) is 10.6. The van der Waals surface area contributed by atoms with E-state index in [9.17, 15) is 4.79 Å². The van der Waals surface area contributed by atoms with Crippen molar-refractivity contribution in [3.63, 3.8) is 0 Å². The third-order valence-electron chi connectivity index (χ3n) is 3.90. The molecule has 1 aliphatic carbocycles. The minimum Gasteiger partial charge on any atom is -0.373 e. The maximum atomic E-state index is 12.0. The lowest BCUT2D eigenvalue weighted by molar-refractivity contribution is -0.121. The number of fused-ring (bicyclic) bond motifs is 1.